The molecule has 0 spiro atoms. The van der Waals surface area contributed by atoms with Crippen molar-refractivity contribution in [1.82, 2.24) is 9.78 Å². The predicted octanol–water partition coefficient (Wildman–Crippen LogP) is 1.86. The van der Waals surface area contributed by atoms with Gasteiger partial charge in [-0.2, -0.15) is 5.10 Å². The van der Waals surface area contributed by atoms with E-state index >= 15 is 0 Å². The molecule has 0 bridgehead atoms. The van der Waals surface area contributed by atoms with Crippen LogP contribution >= 0.6 is 0 Å². The molecule has 0 radical (unpaired) electrons. The fraction of sp³-hybridized carbons (Fsp3) is 0.308. The molecule has 0 amide bonds. The Balaban J connectivity index is 2.06. The highest BCUT2D eigenvalue weighted by Crippen LogP contribution is 2.33. The molecule has 0 saturated carbocycles. The monoisotopic (exact) mass is 213 g/mol. The van der Waals surface area contributed by atoms with Crippen LogP contribution in [0.5, 0.6) is 0 Å². The Labute approximate surface area is 94.9 Å². The molecule has 2 N–H and O–H groups in total. The lowest BCUT2D eigenvalue weighted by molar-refractivity contribution is 0.673. The zero-order valence-electron chi connectivity index (χ0n) is 9.13. The number of hydrogen-bond donors (Lipinski definition) is 1. The Morgan fingerprint density at radius 1 is 1.31 bits per heavy atom. The SMILES string of the molecule is NCC1CCc2c1cnn2-c1ccccc1. The summed E-state index contributed by atoms with van der Waals surface area (Å²) in [7, 11) is 0. The van der Waals surface area contributed by atoms with Crippen LogP contribution in [0.1, 0.15) is 23.6 Å². The van der Waals surface area contributed by atoms with Gasteiger partial charge in [-0.1, -0.05) is 18.2 Å². The molecule has 1 heterocycles. The first-order chi connectivity index (χ1) is 7.90. The van der Waals surface area contributed by atoms with Crippen molar-refractivity contribution in [3.8, 4) is 5.69 Å². The Bertz CT molecular complexity index is 487. The van der Waals surface area contributed by atoms with E-state index < -0.39 is 0 Å². The second-order valence-electron chi connectivity index (χ2n) is 4.27. The highest BCUT2D eigenvalue weighted by molar-refractivity contribution is 5.38. The molecule has 1 atom stereocenters. The summed E-state index contributed by atoms with van der Waals surface area (Å²) in [5, 5.41) is 4.47. The number of rotatable bonds is 2. The van der Waals surface area contributed by atoms with Crippen LogP contribution in [-0.2, 0) is 6.42 Å². The number of aromatic nitrogens is 2. The Kier molecular flexibility index (Phi) is 2.26. The van der Waals surface area contributed by atoms with Gasteiger partial charge in [0.15, 0.2) is 0 Å². The van der Waals surface area contributed by atoms with Crippen molar-refractivity contribution in [1.29, 1.82) is 0 Å². The molecule has 3 rings (SSSR count). The highest BCUT2D eigenvalue weighted by Gasteiger charge is 2.25. The summed E-state index contributed by atoms with van der Waals surface area (Å²) in [6.45, 7) is 0.730. The van der Waals surface area contributed by atoms with Crippen molar-refractivity contribution >= 4 is 0 Å². The van der Waals surface area contributed by atoms with E-state index in [1.54, 1.807) is 0 Å². The molecule has 1 aliphatic rings. The van der Waals surface area contributed by atoms with Gasteiger partial charge in [-0.15, -0.1) is 0 Å². The van der Waals surface area contributed by atoms with Gasteiger partial charge >= 0.3 is 0 Å². The Morgan fingerprint density at radius 3 is 2.88 bits per heavy atom. The van der Waals surface area contributed by atoms with E-state index in [1.165, 1.54) is 11.3 Å². The third-order valence-electron chi connectivity index (χ3n) is 3.36. The van der Waals surface area contributed by atoms with E-state index in [9.17, 15) is 0 Å². The van der Waals surface area contributed by atoms with Crippen molar-refractivity contribution in [2.24, 2.45) is 5.73 Å². The van der Waals surface area contributed by atoms with Crippen molar-refractivity contribution in [2.45, 2.75) is 18.8 Å². The highest BCUT2D eigenvalue weighted by atomic mass is 15.3. The minimum atomic E-state index is 0.507. The van der Waals surface area contributed by atoms with Crippen LogP contribution in [0.3, 0.4) is 0 Å². The first kappa shape index (κ1) is 9.60. The molecule has 2 aromatic rings. The maximum atomic E-state index is 5.76. The lowest BCUT2D eigenvalue weighted by Crippen LogP contribution is -2.08. The zero-order chi connectivity index (χ0) is 11.0. The largest absolute Gasteiger partial charge is 0.330 e. The van der Waals surface area contributed by atoms with E-state index in [0.29, 0.717) is 5.92 Å². The molecule has 0 aliphatic heterocycles. The lowest BCUT2D eigenvalue weighted by Gasteiger charge is -2.04. The minimum absolute atomic E-state index is 0.507. The second-order valence-corrected chi connectivity index (χ2v) is 4.27. The molecule has 1 unspecified atom stereocenters. The van der Waals surface area contributed by atoms with Gasteiger partial charge in [-0.05, 0) is 43.0 Å². The number of nitrogens with two attached hydrogens (primary N) is 1. The number of hydrogen-bond acceptors (Lipinski definition) is 2. The summed E-state index contributed by atoms with van der Waals surface area (Å²) in [4.78, 5) is 0. The van der Waals surface area contributed by atoms with Crippen molar-refractivity contribution in [2.75, 3.05) is 6.54 Å². The molecule has 0 saturated heterocycles. The fourth-order valence-electron chi connectivity index (χ4n) is 2.48. The molecule has 3 nitrogen and oxygen atoms in total. The third kappa shape index (κ3) is 1.36. The summed E-state index contributed by atoms with van der Waals surface area (Å²) in [5.74, 6) is 0.507. The van der Waals surface area contributed by atoms with Crippen LogP contribution in [0.4, 0.5) is 0 Å². The number of para-hydroxylation sites is 1. The topological polar surface area (TPSA) is 43.8 Å². The first-order valence-electron chi connectivity index (χ1n) is 5.72. The van der Waals surface area contributed by atoms with Gasteiger partial charge in [0.05, 0.1) is 11.9 Å². The Hall–Kier alpha value is -1.61. The maximum absolute atomic E-state index is 5.76. The van der Waals surface area contributed by atoms with Gasteiger partial charge in [-0.25, -0.2) is 4.68 Å². The van der Waals surface area contributed by atoms with Gasteiger partial charge in [0.2, 0.25) is 0 Å². The average Bonchev–Trinajstić information content (AvgIpc) is 2.90. The summed E-state index contributed by atoms with van der Waals surface area (Å²) in [6.07, 6.45) is 4.23. The van der Waals surface area contributed by atoms with Crippen LogP contribution in [0, 0.1) is 0 Å². The third-order valence-corrected chi connectivity index (χ3v) is 3.36. The molecule has 82 valence electrons. The zero-order valence-corrected chi connectivity index (χ0v) is 9.13. The Morgan fingerprint density at radius 2 is 2.12 bits per heavy atom. The summed E-state index contributed by atoms with van der Waals surface area (Å²) >= 11 is 0. The van der Waals surface area contributed by atoms with Gasteiger partial charge in [0.1, 0.15) is 0 Å². The van der Waals surface area contributed by atoms with Crippen LogP contribution in [0.15, 0.2) is 36.5 Å². The molecule has 0 fully saturated rings. The average molecular weight is 213 g/mol. The molecule has 3 heteroatoms. The number of fused-ring (bicyclic) bond motifs is 1. The molecular formula is C13H15N3. The van der Waals surface area contributed by atoms with Crippen molar-refractivity contribution in [3.63, 3.8) is 0 Å². The summed E-state index contributed by atoms with van der Waals surface area (Å²) in [6, 6.07) is 10.3. The summed E-state index contributed by atoms with van der Waals surface area (Å²) < 4.78 is 2.05. The molecule has 1 aromatic heterocycles. The smallest absolute Gasteiger partial charge is 0.0648 e. The van der Waals surface area contributed by atoms with Gasteiger partial charge in [-0.3, -0.25) is 0 Å². The molecule has 1 aliphatic carbocycles. The van der Waals surface area contributed by atoms with E-state index in [0.717, 1.165) is 25.1 Å². The lowest BCUT2D eigenvalue weighted by atomic mass is 10.1. The standard InChI is InChI=1S/C13H15N3/c14-8-10-6-7-13-12(10)9-15-16(13)11-4-2-1-3-5-11/h1-5,9-10H,6-8,14H2. The molecule has 16 heavy (non-hydrogen) atoms. The quantitative estimate of drug-likeness (QED) is 0.827. The number of benzene rings is 1. The molecule has 1 aromatic carbocycles. The van der Waals surface area contributed by atoms with E-state index in [4.69, 9.17) is 5.73 Å². The van der Waals surface area contributed by atoms with Crippen LogP contribution in [-0.4, -0.2) is 16.3 Å². The van der Waals surface area contributed by atoms with Crippen molar-refractivity contribution < 1.29 is 0 Å². The van der Waals surface area contributed by atoms with Gasteiger partial charge in [0.25, 0.3) is 0 Å². The van der Waals surface area contributed by atoms with Crippen LogP contribution in [0.25, 0.3) is 5.69 Å². The molecular weight excluding hydrogens is 198 g/mol. The van der Waals surface area contributed by atoms with Crippen molar-refractivity contribution in [3.05, 3.63) is 47.8 Å². The summed E-state index contributed by atoms with van der Waals surface area (Å²) in [5.41, 5.74) is 9.57. The fourth-order valence-corrected chi connectivity index (χ4v) is 2.48. The normalized spacial score (nSPS) is 18.7. The number of nitrogens with zero attached hydrogens (tertiary/aromatic N) is 2. The van der Waals surface area contributed by atoms with E-state index in [-0.39, 0.29) is 0 Å². The maximum Gasteiger partial charge on any atom is 0.0648 e. The van der Waals surface area contributed by atoms with E-state index in [2.05, 4.69) is 17.2 Å². The first-order valence-corrected chi connectivity index (χ1v) is 5.72. The van der Waals surface area contributed by atoms with E-state index in [1.807, 2.05) is 29.1 Å². The van der Waals surface area contributed by atoms with Gasteiger partial charge < -0.3 is 5.73 Å². The second kappa shape index (κ2) is 3.76. The minimum Gasteiger partial charge on any atom is -0.330 e. The van der Waals surface area contributed by atoms with Gasteiger partial charge in [0, 0.05) is 5.69 Å². The van der Waals surface area contributed by atoms with Crippen LogP contribution < -0.4 is 5.73 Å². The predicted molar refractivity (Wildman–Crippen MR) is 63.7 cm³/mol. The van der Waals surface area contributed by atoms with Crippen LogP contribution in [0.2, 0.25) is 0 Å².